The molecule has 1 N–H and O–H groups in total. The van der Waals surface area contributed by atoms with E-state index in [0.29, 0.717) is 23.5 Å². The van der Waals surface area contributed by atoms with Gasteiger partial charge in [-0.05, 0) is 67.9 Å². The summed E-state index contributed by atoms with van der Waals surface area (Å²) >= 11 is 1.58. The molecular weight excluding hydrogens is 412 g/mol. The second-order valence-electron chi connectivity index (χ2n) is 7.53. The fourth-order valence-corrected chi connectivity index (χ4v) is 4.55. The maximum absolute atomic E-state index is 12.6. The maximum atomic E-state index is 12.6. The van der Waals surface area contributed by atoms with Gasteiger partial charge in [0.2, 0.25) is 5.91 Å². The molecule has 1 aliphatic heterocycles. The highest BCUT2D eigenvalue weighted by Gasteiger charge is 2.33. The van der Waals surface area contributed by atoms with Crippen LogP contribution in [0.1, 0.15) is 40.9 Å². The van der Waals surface area contributed by atoms with Crippen molar-refractivity contribution in [2.24, 2.45) is 0 Å². The summed E-state index contributed by atoms with van der Waals surface area (Å²) < 4.78 is 11.0. The first-order chi connectivity index (χ1) is 15.0. The monoisotopic (exact) mass is 436 g/mol. The van der Waals surface area contributed by atoms with Crippen molar-refractivity contribution >= 4 is 29.3 Å². The summed E-state index contributed by atoms with van der Waals surface area (Å²) in [4.78, 5) is 26.8. The van der Waals surface area contributed by atoms with Crippen LogP contribution in [0.25, 0.3) is 0 Å². The molecule has 31 heavy (non-hydrogen) atoms. The third-order valence-corrected chi connectivity index (χ3v) is 6.07. The van der Waals surface area contributed by atoms with Crippen molar-refractivity contribution in [3.63, 3.8) is 0 Å². The van der Waals surface area contributed by atoms with Crippen LogP contribution in [0, 0.1) is 0 Å². The van der Waals surface area contributed by atoms with E-state index in [1.807, 2.05) is 62.4 Å². The molecule has 6 nitrogen and oxygen atoms in total. The molecule has 0 aliphatic carbocycles. The Morgan fingerprint density at radius 3 is 2.55 bits per heavy atom. The molecule has 1 aromatic heterocycles. The first kappa shape index (κ1) is 21.1. The van der Waals surface area contributed by atoms with Crippen LogP contribution in [0.5, 0.6) is 5.75 Å². The van der Waals surface area contributed by atoms with Gasteiger partial charge in [-0.15, -0.1) is 11.8 Å². The Hall–Kier alpha value is -3.19. The fourth-order valence-electron chi connectivity index (χ4n) is 3.36. The number of thioether (sulfide) groups is 1. The summed E-state index contributed by atoms with van der Waals surface area (Å²) in [7, 11) is 0. The molecule has 0 bridgehead atoms. The first-order valence-electron chi connectivity index (χ1n) is 10.1. The third-order valence-electron chi connectivity index (χ3n) is 4.82. The van der Waals surface area contributed by atoms with E-state index in [1.54, 1.807) is 35.1 Å². The second kappa shape index (κ2) is 9.31. The van der Waals surface area contributed by atoms with Gasteiger partial charge in [0.15, 0.2) is 0 Å². The average molecular weight is 437 g/mol. The average Bonchev–Trinajstić information content (AvgIpc) is 3.40. The van der Waals surface area contributed by atoms with E-state index in [4.69, 9.17) is 9.15 Å². The number of amides is 2. The number of benzene rings is 2. The van der Waals surface area contributed by atoms with E-state index in [9.17, 15) is 9.59 Å². The van der Waals surface area contributed by atoms with Crippen LogP contribution >= 0.6 is 11.8 Å². The van der Waals surface area contributed by atoms with Gasteiger partial charge in [0.1, 0.15) is 16.9 Å². The van der Waals surface area contributed by atoms with Crippen LogP contribution in [0.15, 0.2) is 71.3 Å². The van der Waals surface area contributed by atoms with Crippen molar-refractivity contribution in [3.05, 3.63) is 83.8 Å². The Bertz CT molecular complexity index is 1030. The Labute approximate surface area is 185 Å². The minimum absolute atomic E-state index is 0.0816. The van der Waals surface area contributed by atoms with Crippen LogP contribution in [-0.4, -0.2) is 28.6 Å². The van der Waals surface area contributed by atoms with Crippen molar-refractivity contribution in [1.82, 2.24) is 4.90 Å². The molecule has 1 aliphatic rings. The molecule has 1 atom stereocenters. The molecule has 0 unspecified atom stereocenters. The highest BCUT2D eigenvalue weighted by Crippen LogP contribution is 2.39. The van der Waals surface area contributed by atoms with Gasteiger partial charge < -0.3 is 19.4 Å². The molecule has 7 heteroatoms. The number of carbonyl (C=O) groups is 2. The molecule has 2 amide bonds. The van der Waals surface area contributed by atoms with E-state index in [0.717, 1.165) is 17.1 Å². The number of hydrogen-bond acceptors (Lipinski definition) is 5. The van der Waals surface area contributed by atoms with Gasteiger partial charge in [0.05, 0.1) is 24.7 Å². The second-order valence-corrected chi connectivity index (χ2v) is 8.60. The van der Waals surface area contributed by atoms with Crippen LogP contribution < -0.4 is 10.1 Å². The molecule has 3 aromatic rings. The highest BCUT2D eigenvalue weighted by molar-refractivity contribution is 8.00. The SMILES string of the molecule is CC(C)Oc1ccc(NC(=O)c2ccc([C@H]3SCC(=O)N3Cc3ccco3)cc2)cc1. The minimum atomic E-state index is -0.188. The predicted octanol–water partition coefficient (Wildman–Crippen LogP) is 5.09. The van der Waals surface area contributed by atoms with Crippen molar-refractivity contribution in [1.29, 1.82) is 0 Å². The molecule has 1 fully saturated rings. The van der Waals surface area contributed by atoms with E-state index in [-0.39, 0.29) is 23.3 Å². The summed E-state index contributed by atoms with van der Waals surface area (Å²) in [5.74, 6) is 1.84. The lowest BCUT2D eigenvalue weighted by Gasteiger charge is -2.23. The third kappa shape index (κ3) is 5.11. The van der Waals surface area contributed by atoms with E-state index >= 15 is 0 Å². The Morgan fingerprint density at radius 2 is 1.90 bits per heavy atom. The maximum Gasteiger partial charge on any atom is 0.255 e. The van der Waals surface area contributed by atoms with Gasteiger partial charge in [-0.2, -0.15) is 0 Å². The van der Waals surface area contributed by atoms with Crippen LogP contribution in [0.3, 0.4) is 0 Å². The molecule has 0 radical (unpaired) electrons. The summed E-state index contributed by atoms with van der Waals surface area (Å²) in [6, 6.07) is 18.4. The lowest BCUT2D eigenvalue weighted by molar-refractivity contribution is -0.128. The van der Waals surface area contributed by atoms with Crippen molar-refractivity contribution in [3.8, 4) is 5.75 Å². The van der Waals surface area contributed by atoms with Gasteiger partial charge in [0, 0.05) is 11.3 Å². The zero-order chi connectivity index (χ0) is 21.8. The molecule has 2 aromatic carbocycles. The smallest absolute Gasteiger partial charge is 0.255 e. The van der Waals surface area contributed by atoms with E-state index < -0.39 is 0 Å². The Balaban J connectivity index is 1.41. The first-order valence-corrected chi connectivity index (χ1v) is 11.2. The Morgan fingerprint density at radius 1 is 1.16 bits per heavy atom. The number of anilines is 1. The lowest BCUT2D eigenvalue weighted by atomic mass is 10.1. The van der Waals surface area contributed by atoms with Crippen LogP contribution in [-0.2, 0) is 11.3 Å². The topological polar surface area (TPSA) is 71.8 Å². The molecule has 1 saturated heterocycles. The molecule has 2 heterocycles. The van der Waals surface area contributed by atoms with E-state index in [1.165, 1.54) is 0 Å². The minimum Gasteiger partial charge on any atom is -0.491 e. The summed E-state index contributed by atoms with van der Waals surface area (Å²) in [5.41, 5.74) is 2.24. The number of hydrogen-bond donors (Lipinski definition) is 1. The van der Waals surface area contributed by atoms with Crippen LogP contribution in [0.4, 0.5) is 5.69 Å². The number of rotatable bonds is 7. The largest absolute Gasteiger partial charge is 0.491 e. The molecule has 160 valence electrons. The van der Waals surface area contributed by atoms with Crippen molar-refractivity contribution in [2.75, 3.05) is 11.1 Å². The Kier molecular flexibility index (Phi) is 6.32. The molecular formula is C24H24N2O4S. The number of nitrogens with one attached hydrogen (secondary N) is 1. The zero-order valence-electron chi connectivity index (χ0n) is 17.4. The molecule has 4 rings (SSSR count). The van der Waals surface area contributed by atoms with Gasteiger partial charge in [-0.1, -0.05) is 12.1 Å². The molecule has 0 saturated carbocycles. The summed E-state index contributed by atoms with van der Waals surface area (Å²) in [6.45, 7) is 4.37. The van der Waals surface area contributed by atoms with Gasteiger partial charge in [0.25, 0.3) is 5.91 Å². The quantitative estimate of drug-likeness (QED) is 0.558. The van der Waals surface area contributed by atoms with Crippen LogP contribution in [0.2, 0.25) is 0 Å². The summed E-state index contributed by atoms with van der Waals surface area (Å²) in [5, 5.41) is 2.80. The van der Waals surface area contributed by atoms with E-state index in [2.05, 4.69) is 5.32 Å². The van der Waals surface area contributed by atoms with Crippen molar-refractivity contribution in [2.45, 2.75) is 31.9 Å². The van der Waals surface area contributed by atoms with Gasteiger partial charge >= 0.3 is 0 Å². The predicted molar refractivity (Wildman–Crippen MR) is 121 cm³/mol. The number of furan rings is 1. The van der Waals surface area contributed by atoms with Crippen molar-refractivity contribution < 1.29 is 18.7 Å². The fraction of sp³-hybridized carbons (Fsp3) is 0.250. The lowest BCUT2D eigenvalue weighted by Crippen LogP contribution is -2.27. The zero-order valence-corrected chi connectivity index (χ0v) is 18.2. The molecule has 0 spiro atoms. The normalized spacial score (nSPS) is 16.0. The van der Waals surface area contributed by atoms with Gasteiger partial charge in [-0.3, -0.25) is 9.59 Å². The standard InChI is InChI=1S/C24H24N2O4S/c1-16(2)30-20-11-9-19(10-12-20)25-23(28)17-5-7-18(8-6-17)24-26(22(27)15-31-24)14-21-4-3-13-29-21/h3-13,16,24H,14-15H2,1-2H3,(H,25,28)/t24-/m1/s1. The summed E-state index contributed by atoms with van der Waals surface area (Å²) in [6.07, 6.45) is 1.71. The number of carbonyl (C=O) groups excluding carboxylic acids is 2. The number of ether oxygens (including phenoxy) is 1. The number of nitrogens with zero attached hydrogens (tertiary/aromatic N) is 1. The highest BCUT2D eigenvalue weighted by atomic mass is 32.2. The van der Waals surface area contributed by atoms with Gasteiger partial charge in [-0.25, -0.2) is 0 Å².